The number of aromatic amines is 1. The van der Waals surface area contributed by atoms with Gasteiger partial charge in [-0.05, 0) is 80.3 Å². The fourth-order valence-electron chi connectivity index (χ4n) is 5.16. The topological polar surface area (TPSA) is 109 Å². The predicted octanol–water partition coefficient (Wildman–Crippen LogP) is 3.89. The summed E-state index contributed by atoms with van der Waals surface area (Å²) in [6.45, 7) is 2.79. The van der Waals surface area contributed by atoms with Gasteiger partial charge in [0.2, 0.25) is 0 Å². The molecule has 1 amide bonds. The molecule has 1 aromatic carbocycles. The summed E-state index contributed by atoms with van der Waals surface area (Å²) in [5, 5.41) is 16.6. The van der Waals surface area contributed by atoms with Gasteiger partial charge in [-0.3, -0.25) is 9.78 Å². The first-order valence-corrected chi connectivity index (χ1v) is 11.9. The number of carbonyl (C=O) groups is 1. The van der Waals surface area contributed by atoms with E-state index in [0.717, 1.165) is 30.7 Å². The second-order valence-electron chi connectivity index (χ2n) is 9.84. The Morgan fingerprint density at radius 2 is 1.86 bits per heavy atom. The van der Waals surface area contributed by atoms with E-state index >= 15 is 0 Å². The van der Waals surface area contributed by atoms with Gasteiger partial charge in [0.05, 0.1) is 11.9 Å². The van der Waals surface area contributed by atoms with Gasteiger partial charge in [0.1, 0.15) is 22.8 Å². The molecule has 0 spiro atoms. The highest BCUT2D eigenvalue weighted by Crippen LogP contribution is 2.40. The second-order valence-corrected chi connectivity index (χ2v) is 9.84. The predicted molar refractivity (Wildman–Crippen MR) is 124 cm³/mol. The largest absolute Gasteiger partial charge is 0.477 e. The highest BCUT2D eigenvalue weighted by atomic mass is 19.4. The van der Waals surface area contributed by atoms with E-state index in [4.69, 9.17) is 4.74 Å². The van der Waals surface area contributed by atoms with Crippen molar-refractivity contribution in [2.45, 2.75) is 69.4 Å². The summed E-state index contributed by atoms with van der Waals surface area (Å²) in [6.07, 6.45) is 0.214. The number of pyridine rings is 1. The van der Waals surface area contributed by atoms with E-state index in [1.165, 1.54) is 13.8 Å². The number of fused-ring (bicyclic) bond motifs is 2. The molecule has 3 atom stereocenters. The number of rotatable bonds is 6. The molecule has 2 saturated heterocycles. The Morgan fingerprint density at radius 1 is 1.14 bits per heavy atom. The SMILES string of the molecule is CC(C)(Oc1ccc(F)cc1C(F)(F)F)C(=O)N[C@H]1C[C@H]2CC[C@@H](C1)N2c1ccc(-c2nnn[nH]2)nc1. The van der Waals surface area contributed by atoms with Crippen molar-refractivity contribution in [2.75, 3.05) is 4.90 Å². The monoisotopic (exact) mass is 519 g/mol. The number of hydrogen-bond donors (Lipinski definition) is 2. The molecule has 0 unspecified atom stereocenters. The number of hydrogen-bond acceptors (Lipinski definition) is 7. The van der Waals surface area contributed by atoms with Gasteiger partial charge in [-0.25, -0.2) is 9.49 Å². The third-order valence-corrected chi connectivity index (χ3v) is 6.86. The highest BCUT2D eigenvalue weighted by Gasteiger charge is 2.43. The van der Waals surface area contributed by atoms with Crippen molar-refractivity contribution in [1.82, 2.24) is 30.9 Å². The van der Waals surface area contributed by atoms with E-state index in [1.54, 1.807) is 6.20 Å². The summed E-state index contributed by atoms with van der Waals surface area (Å²) >= 11 is 0. The smallest absolute Gasteiger partial charge is 0.420 e. The molecule has 3 aromatic rings. The van der Waals surface area contributed by atoms with Gasteiger partial charge < -0.3 is 15.0 Å². The molecule has 37 heavy (non-hydrogen) atoms. The van der Waals surface area contributed by atoms with Gasteiger partial charge in [0.25, 0.3) is 5.91 Å². The van der Waals surface area contributed by atoms with E-state index in [0.29, 0.717) is 30.4 Å². The molecule has 2 aliphatic heterocycles. The van der Waals surface area contributed by atoms with Crippen LogP contribution in [0.4, 0.5) is 23.2 Å². The van der Waals surface area contributed by atoms with Gasteiger partial charge in [-0.2, -0.15) is 13.2 Å². The third-order valence-electron chi connectivity index (χ3n) is 6.86. The van der Waals surface area contributed by atoms with Crippen molar-refractivity contribution < 1.29 is 27.1 Å². The third kappa shape index (κ3) is 5.07. The number of aromatic nitrogens is 5. The standard InChI is InChI=1S/C24H25F4N7O2/c1-23(2,37-20-8-3-13(25)9-18(20)24(26,27)28)22(36)30-14-10-15-4-5-16(11-14)35(15)17-6-7-19(29-12-17)21-31-33-34-32-21/h3,6-9,12,14-16H,4-5,10-11H2,1-2H3,(H,30,36)(H,31,32,33,34)/t14-,15+,16-. The van der Waals surface area contributed by atoms with E-state index in [-0.39, 0.29) is 18.1 Å². The lowest BCUT2D eigenvalue weighted by Crippen LogP contribution is -2.55. The average molecular weight is 520 g/mol. The zero-order chi connectivity index (χ0) is 26.4. The van der Waals surface area contributed by atoms with Gasteiger partial charge in [-0.1, -0.05) is 0 Å². The van der Waals surface area contributed by atoms with E-state index in [2.05, 4.69) is 35.8 Å². The Balaban J connectivity index is 1.24. The molecule has 2 N–H and O–H groups in total. The lowest BCUT2D eigenvalue weighted by Gasteiger charge is -2.41. The van der Waals surface area contributed by atoms with Gasteiger partial charge in [0.15, 0.2) is 11.4 Å². The molecule has 4 heterocycles. The van der Waals surface area contributed by atoms with Crippen molar-refractivity contribution in [3.8, 4) is 17.3 Å². The molecule has 2 fully saturated rings. The maximum absolute atomic E-state index is 13.4. The van der Waals surface area contributed by atoms with E-state index in [9.17, 15) is 22.4 Å². The normalized spacial score (nSPS) is 21.7. The van der Waals surface area contributed by atoms with Crippen LogP contribution < -0.4 is 15.0 Å². The summed E-state index contributed by atoms with van der Waals surface area (Å²) in [4.78, 5) is 19.8. The summed E-state index contributed by atoms with van der Waals surface area (Å²) in [5.41, 5.74) is -1.28. The number of tetrazole rings is 1. The summed E-state index contributed by atoms with van der Waals surface area (Å²) in [5.74, 6) is -1.69. The van der Waals surface area contributed by atoms with Crippen LogP contribution in [0.1, 0.15) is 45.1 Å². The molecule has 0 radical (unpaired) electrons. The maximum atomic E-state index is 13.4. The zero-order valence-electron chi connectivity index (χ0n) is 20.1. The Hall–Kier alpha value is -3.77. The molecule has 2 aromatic heterocycles. The molecule has 196 valence electrons. The van der Waals surface area contributed by atoms with Crippen LogP contribution in [0.25, 0.3) is 11.5 Å². The quantitative estimate of drug-likeness (QED) is 0.476. The first-order valence-electron chi connectivity index (χ1n) is 11.9. The average Bonchev–Trinajstić information content (AvgIpc) is 3.46. The number of amides is 1. The number of ether oxygens (including phenoxy) is 1. The molecule has 9 nitrogen and oxygen atoms in total. The lowest BCUT2D eigenvalue weighted by atomic mass is 9.95. The van der Waals surface area contributed by atoms with Crippen LogP contribution in [0, 0.1) is 5.82 Å². The molecular formula is C24H25F4N7O2. The molecule has 0 aliphatic carbocycles. The van der Waals surface area contributed by atoms with Crippen LogP contribution in [-0.4, -0.2) is 55.2 Å². The van der Waals surface area contributed by atoms with Gasteiger partial charge >= 0.3 is 6.18 Å². The Morgan fingerprint density at radius 3 is 2.46 bits per heavy atom. The summed E-state index contributed by atoms with van der Waals surface area (Å²) in [6, 6.07) is 6.14. The zero-order valence-corrected chi connectivity index (χ0v) is 20.1. The van der Waals surface area contributed by atoms with Gasteiger partial charge in [0, 0.05) is 18.1 Å². The number of carbonyl (C=O) groups excluding carboxylic acids is 1. The lowest BCUT2D eigenvalue weighted by molar-refractivity contribution is -0.144. The van der Waals surface area contributed by atoms with E-state index in [1.807, 2.05) is 12.1 Å². The number of anilines is 1. The molecule has 5 rings (SSSR count). The Kier molecular flexibility index (Phi) is 6.24. The number of piperidine rings is 1. The summed E-state index contributed by atoms with van der Waals surface area (Å²) in [7, 11) is 0. The second kappa shape index (κ2) is 9.27. The van der Waals surface area contributed by atoms with Crippen molar-refractivity contribution in [1.29, 1.82) is 0 Å². The minimum absolute atomic E-state index is 0.160. The fourth-order valence-corrected chi connectivity index (χ4v) is 5.16. The maximum Gasteiger partial charge on any atom is 0.420 e. The van der Waals surface area contributed by atoms with Crippen molar-refractivity contribution in [3.63, 3.8) is 0 Å². The first-order chi connectivity index (χ1) is 17.5. The van der Waals surface area contributed by atoms with E-state index < -0.39 is 34.8 Å². The van der Waals surface area contributed by atoms with Crippen LogP contribution in [0.15, 0.2) is 36.5 Å². The van der Waals surface area contributed by atoms with Gasteiger partial charge in [-0.15, -0.1) is 5.10 Å². The number of halogens is 4. The Bertz CT molecular complexity index is 1250. The number of benzene rings is 1. The number of nitrogens with one attached hydrogen (secondary N) is 2. The Labute approximate surface area is 209 Å². The molecule has 0 saturated carbocycles. The fraction of sp³-hybridized carbons (Fsp3) is 0.458. The highest BCUT2D eigenvalue weighted by molar-refractivity contribution is 5.85. The van der Waals surface area contributed by atoms with Crippen LogP contribution in [0.3, 0.4) is 0 Å². The first kappa shape index (κ1) is 24.9. The van der Waals surface area contributed by atoms with Crippen LogP contribution in [0.2, 0.25) is 0 Å². The van der Waals surface area contributed by atoms with Crippen molar-refractivity contribution in [3.05, 3.63) is 47.9 Å². The van der Waals surface area contributed by atoms with Crippen molar-refractivity contribution in [2.24, 2.45) is 0 Å². The molecular weight excluding hydrogens is 494 g/mol. The molecule has 2 bridgehead atoms. The van der Waals surface area contributed by atoms with Crippen LogP contribution >= 0.6 is 0 Å². The summed E-state index contributed by atoms with van der Waals surface area (Å²) < 4.78 is 59.1. The molecule has 13 heteroatoms. The van der Waals surface area contributed by atoms with Crippen LogP contribution in [0.5, 0.6) is 5.75 Å². The molecule has 2 aliphatic rings. The number of nitrogens with zero attached hydrogens (tertiary/aromatic N) is 5. The minimum atomic E-state index is -4.82. The minimum Gasteiger partial charge on any atom is -0.477 e. The number of H-pyrrole nitrogens is 1. The van der Waals surface area contributed by atoms with Crippen molar-refractivity contribution >= 4 is 11.6 Å². The van der Waals surface area contributed by atoms with Crippen LogP contribution in [-0.2, 0) is 11.0 Å². The number of alkyl halides is 3.